The predicted octanol–water partition coefficient (Wildman–Crippen LogP) is 3.79. The third-order valence-electron chi connectivity index (χ3n) is 4.89. The molecule has 8 nitrogen and oxygen atoms in total. The van der Waals surface area contributed by atoms with Gasteiger partial charge in [-0.05, 0) is 26.0 Å². The lowest BCUT2D eigenvalue weighted by Crippen LogP contribution is -2.30. The summed E-state index contributed by atoms with van der Waals surface area (Å²) in [6.07, 6.45) is 0. The summed E-state index contributed by atoms with van der Waals surface area (Å²) in [5.41, 5.74) is 3.04. The fourth-order valence-corrected chi connectivity index (χ4v) is 4.24. The first-order chi connectivity index (χ1) is 15.4. The van der Waals surface area contributed by atoms with Gasteiger partial charge in [0.1, 0.15) is 12.2 Å². The molecule has 2 heterocycles. The number of aryl methyl sites for hydroxylation is 2. The SMILES string of the molecule is COc1ccc(NC(=O)Cn2nc(-c3ccc(C)cc3)c3sc(C)nc3c2=O)cc1OC. The quantitative estimate of drug-likeness (QED) is 0.480. The van der Waals surface area contributed by atoms with Crippen molar-refractivity contribution in [2.24, 2.45) is 0 Å². The molecule has 4 rings (SSSR count). The number of amides is 1. The van der Waals surface area contributed by atoms with Gasteiger partial charge in [-0.15, -0.1) is 11.3 Å². The van der Waals surface area contributed by atoms with Gasteiger partial charge in [-0.2, -0.15) is 5.10 Å². The van der Waals surface area contributed by atoms with Crippen LogP contribution in [0.25, 0.3) is 21.5 Å². The van der Waals surface area contributed by atoms with Gasteiger partial charge in [0.25, 0.3) is 5.56 Å². The zero-order valence-corrected chi connectivity index (χ0v) is 18.9. The third kappa shape index (κ3) is 4.19. The van der Waals surface area contributed by atoms with Crippen molar-refractivity contribution in [2.75, 3.05) is 19.5 Å². The van der Waals surface area contributed by atoms with Gasteiger partial charge >= 0.3 is 0 Å². The summed E-state index contributed by atoms with van der Waals surface area (Å²) < 4.78 is 12.4. The van der Waals surface area contributed by atoms with Crippen molar-refractivity contribution in [3.05, 3.63) is 63.4 Å². The molecule has 164 valence electrons. The van der Waals surface area contributed by atoms with E-state index in [1.807, 2.05) is 38.1 Å². The number of ether oxygens (including phenoxy) is 2. The Bertz CT molecular complexity index is 1360. The van der Waals surface area contributed by atoms with Crippen LogP contribution >= 0.6 is 11.3 Å². The molecule has 0 spiro atoms. The molecule has 1 N–H and O–H groups in total. The zero-order chi connectivity index (χ0) is 22.8. The van der Waals surface area contributed by atoms with Crippen LogP contribution in [-0.4, -0.2) is 34.9 Å². The minimum Gasteiger partial charge on any atom is -0.493 e. The zero-order valence-electron chi connectivity index (χ0n) is 18.1. The lowest BCUT2D eigenvalue weighted by molar-refractivity contribution is -0.117. The van der Waals surface area contributed by atoms with Crippen molar-refractivity contribution in [3.8, 4) is 22.8 Å². The minimum absolute atomic E-state index is 0.251. The topological polar surface area (TPSA) is 95.3 Å². The van der Waals surface area contributed by atoms with Crippen molar-refractivity contribution in [3.63, 3.8) is 0 Å². The maximum Gasteiger partial charge on any atom is 0.294 e. The first-order valence-corrected chi connectivity index (χ1v) is 10.7. The number of carbonyl (C=O) groups excluding carboxylic acids is 1. The normalized spacial score (nSPS) is 10.9. The standard InChI is InChI=1S/C23H22N4O4S/c1-13-5-7-15(8-6-13)20-22-21(24-14(2)32-22)23(29)27(26-20)12-19(28)25-16-9-10-17(30-3)18(11-16)31-4/h5-11H,12H2,1-4H3,(H,25,28). The molecule has 2 aromatic heterocycles. The Morgan fingerprint density at radius 2 is 1.78 bits per heavy atom. The molecule has 9 heteroatoms. The number of methoxy groups -OCH3 is 2. The van der Waals surface area contributed by atoms with Crippen molar-refractivity contribution in [2.45, 2.75) is 20.4 Å². The number of hydrogen-bond acceptors (Lipinski definition) is 7. The van der Waals surface area contributed by atoms with Crippen molar-refractivity contribution in [1.82, 2.24) is 14.8 Å². The average Bonchev–Trinajstić information content (AvgIpc) is 3.18. The Hall–Kier alpha value is -3.72. The molecule has 0 radical (unpaired) electrons. The van der Waals surface area contributed by atoms with Crippen LogP contribution in [0.2, 0.25) is 0 Å². The van der Waals surface area contributed by atoms with Gasteiger partial charge in [0.2, 0.25) is 5.91 Å². The van der Waals surface area contributed by atoms with Crippen LogP contribution < -0.4 is 20.3 Å². The molecular formula is C23H22N4O4S. The maximum atomic E-state index is 13.0. The molecule has 0 saturated carbocycles. The Morgan fingerprint density at radius 1 is 1.06 bits per heavy atom. The van der Waals surface area contributed by atoms with Crippen LogP contribution in [0.4, 0.5) is 5.69 Å². The van der Waals surface area contributed by atoms with Crippen LogP contribution in [0.15, 0.2) is 47.3 Å². The van der Waals surface area contributed by atoms with E-state index in [0.29, 0.717) is 33.1 Å². The summed E-state index contributed by atoms with van der Waals surface area (Å²) in [5.74, 6) is 0.644. The summed E-state index contributed by atoms with van der Waals surface area (Å²) in [7, 11) is 3.06. The lowest BCUT2D eigenvalue weighted by Gasteiger charge is -2.12. The summed E-state index contributed by atoms with van der Waals surface area (Å²) in [6, 6.07) is 12.9. The number of hydrogen-bond donors (Lipinski definition) is 1. The summed E-state index contributed by atoms with van der Waals surface area (Å²) >= 11 is 1.42. The smallest absolute Gasteiger partial charge is 0.294 e. The van der Waals surface area contributed by atoms with Gasteiger partial charge in [0, 0.05) is 17.3 Å². The summed E-state index contributed by atoms with van der Waals surface area (Å²) in [6.45, 7) is 3.60. The number of carbonyl (C=O) groups is 1. The lowest BCUT2D eigenvalue weighted by atomic mass is 10.1. The Morgan fingerprint density at radius 3 is 2.47 bits per heavy atom. The molecule has 0 atom stereocenters. The van der Waals surface area contributed by atoms with Gasteiger partial charge in [-0.25, -0.2) is 9.67 Å². The molecule has 0 unspecified atom stereocenters. The van der Waals surface area contributed by atoms with Crippen molar-refractivity contribution in [1.29, 1.82) is 0 Å². The number of nitrogens with one attached hydrogen (secondary N) is 1. The minimum atomic E-state index is -0.400. The molecule has 0 aliphatic carbocycles. The van der Waals surface area contributed by atoms with E-state index in [1.54, 1.807) is 18.2 Å². The maximum absolute atomic E-state index is 13.0. The number of benzene rings is 2. The molecule has 0 aliphatic heterocycles. The van der Waals surface area contributed by atoms with Crippen molar-refractivity contribution < 1.29 is 14.3 Å². The number of nitrogens with zero attached hydrogens (tertiary/aromatic N) is 3. The fraction of sp³-hybridized carbons (Fsp3) is 0.217. The van der Waals surface area contributed by atoms with Crippen LogP contribution in [0, 0.1) is 13.8 Å². The van der Waals surface area contributed by atoms with E-state index >= 15 is 0 Å². The van der Waals surface area contributed by atoms with E-state index in [-0.39, 0.29) is 6.54 Å². The van der Waals surface area contributed by atoms with E-state index in [9.17, 15) is 9.59 Å². The fourth-order valence-electron chi connectivity index (χ4n) is 3.32. The van der Waals surface area contributed by atoms with Crippen LogP contribution in [-0.2, 0) is 11.3 Å². The monoisotopic (exact) mass is 450 g/mol. The first-order valence-electron chi connectivity index (χ1n) is 9.86. The van der Waals surface area contributed by atoms with Gasteiger partial charge < -0.3 is 14.8 Å². The molecule has 0 fully saturated rings. The van der Waals surface area contributed by atoms with Crippen LogP contribution in [0.5, 0.6) is 11.5 Å². The number of fused-ring (bicyclic) bond motifs is 1. The molecule has 0 bridgehead atoms. The Labute approximate surface area is 188 Å². The second kappa shape index (κ2) is 8.80. The number of thiazole rings is 1. The highest BCUT2D eigenvalue weighted by Crippen LogP contribution is 2.31. The molecule has 0 aliphatic rings. The highest BCUT2D eigenvalue weighted by Gasteiger charge is 2.18. The predicted molar refractivity (Wildman–Crippen MR) is 125 cm³/mol. The van der Waals surface area contributed by atoms with Crippen molar-refractivity contribution >= 4 is 33.1 Å². The van der Waals surface area contributed by atoms with Gasteiger partial charge in [0.05, 0.1) is 23.9 Å². The molecule has 0 saturated heterocycles. The van der Waals surface area contributed by atoms with E-state index in [1.165, 1.54) is 25.6 Å². The van der Waals surface area contributed by atoms with Gasteiger partial charge in [-0.3, -0.25) is 9.59 Å². The molecule has 4 aromatic rings. The van der Waals surface area contributed by atoms with E-state index in [2.05, 4.69) is 15.4 Å². The van der Waals surface area contributed by atoms with Crippen LogP contribution in [0.1, 0.15) is 10.6 Å². The van der Waals surface area contributed by atoms with Crippen LogP contribution in [0.3, 0.4) is 0 Å². The second-order valence-electron chi connectivity index (χ2n) is 7.21. The Kier molecular flexibility index (Phi) is 5.91. The number of rotatable bonds is 6. The third-order valence-corrected chi connectivity index (χ3v) is 5.87. The Balaban J connectivity index is 1.68. The summed E-state index contributed by atoms with van der Waals surface area (Å²) in [5, 5.41) is 8.06. The largest absolute Gasteiger partial charge is 0.493 e. The molecule has 2 aromatic carbocycles. The van der Waals surface area contributed by atoms with Gasteiger partial charge in [0.15, 0.2) is 17.0 Å². The summed E-state index contributed by atoms with van der Waals surface area (Å²) in [4.78, 5) is 30.1. The van der Waals surface area contributed by atoms with E-state index in [4.69, 9.17) is 9.47 Å². The molecular weight excluding hydrogens is 428 g/mol. The van der Waals surface area contributed by atoms with Gasteiger partial charge in [-0.1, -0.05) is 29.8 Å². The number of anilines is 1. The first kappa shape index (κ1) is 21.5. The average molecular weight is 451 g/mol. The molecule has 32 heavy (non-hydrogen) atoms. The highest BCUT2D eigenvalue weighted by atomic mass is 32.1. The molecule has 1 amide bonds. The second-order valence-corrected chi connectivity index (χ2v) is 8.41. The van der Waals surface area contributed by atoms with E-state index < -0.39 is 11.5 Å². The number of aromatic nitrogens is 3. The van der Waals surface area contributed by atoms with E-state index in [0.717, 1.165) is 20.8 Å². The highest BCUT2D eigenvalue weighted by molar-refractivity contribution is 7.19.